The van der Waals surface area contributed by atoms with E-state index in [2.05, 4.69) is 31.0 Å². The average Bonchev–Trinajstić information content (AvgIpc) is 2.56. The van der Waals surface area contributed by atoms with Gasteiger partial charge in [0, 0.05) is 7.05 Å². The average molecular weight is 270 g/mol. The molecule has 7 heteroatoms. The van der Waals surface area contributed by atoms with Crippen LogP contribution < -0.4 is 10.5 Å². The van der Waals surface area contributed by atoms with Crippen molar-refractivity contribution in [2.24, 2.45) is 7.05 Å². The lowest BCUT2D eigenvalue weighted by Crippen LogP contribution is -1.94. The van der Waals surface area contributed by atoms with Crippen molar-refractivity contribution in [1.82, 2.24) is 19.7 Å². The molecule has 0 aliphatic heterocycles. The molecule has 0 bridgehead atoms. The van der Waals surface area contributed by atoms with Crippen LogP contribution in [0.2, 0.25) is 0 Å². The zero-order valence-corrected chi connectivity index (χ0v) is 9.47. The van der Waals surface area contributed by atoms with Crippen LogP contribution in [-0.2, 0) is 7.05 Å². The first-order valence-electron chi connectivity index (χ1n) is 4.09. The van der Waals surface area contributed by atoms with Gasteiger partial charge in [0.1, 0.15) is 6.33 Å². The molecular weight excluding hydrogens is 262 g/mol. The van der Waals surface area contributed by atoms with Gasteiger partial charge in [-0.25, -0.2) is 4.98 Å². The van der Waals surface area contributed by atoms with E-state index in [4.69, 9.17) is 10.5 Å². The maximum atomic E-state index is 5.54. The molecule has 0 amide bonds. The number of halogens is 1. The third kappa shape index (κ3) is 2.24. The summed E-state index contributed by atoms with van der Waals surface area (Å²) in [6.45, 7) is 0. The van der Waals surface area contributed by atoms with Gasteiger partial charge in [-0.15, -0.1) is 5.10 Å². The number of nitrogens with zero attached hydrogens (tertiary/aromatic N) is 4. The second-order valence-electron chi connectivity index (χ2n) is 2.86. The van der Waals surface area contributed by atoms with Crippen molar-refractivity contribution >= 4 is 21.6 Å². The Bertz CT molecular complexity index is 484. The summed E-state index contributed by atoms with van der Waals surface area (Å²) in [4.78, 5) is 7.91. The van der Waals surface area contributed by atoms with Crippen molar-refractivity contribution in [1.29, 1.82) is 0 Å². The van der Waals surface area contributed by atoms with Crippen molar-refractivity contribution in [2.45, 2.75) is 0 Å². The quantitative estimate of drug-likeness (QED) is 0.890. The summed E-state index contributed by atoms with van der Waals surface area (Å²) in [7, 11) is 1.76. The van der Waals surface area contributed by atoms with E-state index < -0.39 is 0 Å². The third-order valence-electron chi connectivity index (χ3n) is 1.60. The second-order valence-corrected chi connectivity index (χ2v) is 3.71. The van der Waals surface area contributed by atoms with Crippen molar-refractivity contribution in [3.8, 4) is 11.9 Å². The van der Waals surface area contributed by atoms with E-state index in [9.17, 15) is 0 Å². The van der Waals surface area contributed by atoms with Crippen molar-refractivity contribution < 1.29 is 4.74 Å². The predicted octanol–water partition coefficient (Wildman–Crippen LogP) is 1.35. The Morgan fingerprint density at radius 2 is 2.27 bits per heavy atom. The van der Waals surface area contributed by atoms with Gasteiger partial charge >= 0.3 is 6.01 Å². The summed E-state index contributed by atoms with van der Waals surface area (Å²) in [5, 5.41) is 3.96. The number of hydrogen-bond donors (Lipinski definition) is 1. The molecule has 0 aliphatic rings. The van der Waals surface area contributed by atoms with E-state index in [1.807, 2.05) is 0 Å². The van der Waals surface area contributed by atoms with Gasteiger partial charge in [0.15, 0.2) is 0 Å². The van der Waals surface area contributed by atoms with Crippen LogP contribution in [0.5, 0.6) is 11.9 Å². The molecule has 0 atom stereocenters. The number of nitrogens with two attached hydrogens (primary N) is 1. The number of aromatic nitrogens is 4. The normalized spacial score (nSPS) is 10.3. The highest BCUT2D eigenvalue weighted by atomic mass is 79.9. The summed E-state index contributed by atoms with van der Waals surface area (Å²) >= 11 is 3.28. The molecule has 0 radical (unpaired) electrons. The molecule has 2 aromatic heterocycles. The van der Waals surface area contributed by atoms with E-state index in [1.54, 1.807) is 24.1 Å². The van der Waals surface area contributed by atoms with Crippen LogP contribution in [0.15, 0.2) is 23.1 Å². The van der Waals surface area contributed by atoms with E-state index in [0.29, 0.717) is 16.0 Å². The first-order valence-corrected chi connectivity index (χ1v) is 4.89. The van der Waals surface area contributed by atoms with Crippen molar-refractivity contribution in [3.05, 3.63) is 23.1 Å². The van der Waals surface area contributed by atoms with Crippen LogP contribution in [0.3, 0.4) is 0 Å². The summed E-state index contributed by atoms with van der Waals surface area (Å²) in [5.41, 5.74) is 6.10. The van der Waals surface area contributed by atoms with Gasteiger partial charge in [0.2, 0.25) is 5.88 Å². The third-order valence-corrected chi connectivity index (χ3v) is 2.16. The first kappa shape index (κ1) is 9.91. The number of ether oxygens (including phenoxy) is 1. The predicted molar refractivity (Wildman–Crippen MR) is 57.4 cm³/mol. The van der Waals surface area contributed by atoms with Gasteiger partial charge in [-0.2, -0.15) is 4.98 Å². The van der Waals surface area contributed by atoms with Gasteiger partial charge in [0.05, 0.1) is 16.4 Å². The number of anilines is 1. The molecular formula is C8H8BrN5O. The minimum absolute atomic E-state index is 0.246. The molecule has 6 nitrogen and oxygen atoms in total. The standard InChI is InChI=1S/C8H8BrN5O/c1-14-4-12-8(13-14)15-7-6(9)2-5(10)3-11-7/h2-4H,10H2,1H3. The summed E-state index contributed by atoms with van der Waals surface area (Å²) in [6.07, 6.45) is 3.05. The number of rotatable bonds is 2. The van der Waals surface area contributed by atoms with Gasteiger partial charge in [-0.3, -0.25) is 4.68 Å². The van der Waals surface area contributed by atoms with Gasteiger partial charge in [-0.1, -0.05) is 0 Å². The van der Waals surface area contributed by atoms with Crippen molar-refractivity contribution in [2.75, 3.05) is 5.73 Å². The van der Waals surface area contributed by atoms with Crippen LogP contribution in [0.4, 0.5) is 5.69 Å². The Hall–Kier alpha value is -1.63. The Kier molecular flexibility index (Phi) is 2.55. The second kappa shape index (κ2) is 3.85. The molecule has 0 unspecified atom stereocenters. The highest BCUT2D eigenvalue weighted by Gasteiger charge is 2.07. The van der Waals surface area contributed by atoms with Crippen LogP contribution in [-0.4, -0.2) is 19.7 Å². The largest absolute Gasteiger partial charge is 0.403 e. The van der Waals surface area contributed by atoms with Gasteiger partial charge < -0.3 is 10.5 Å². The molecule has 78 valence electrons. The maximum absolute atomic E-state index is 5.54. The molecule has 15 heavy (non-hydrogen) atoms. The van der Waals surface area contributed by atoms with Gasteiger partial charge in [0.25, 0.3) is 0 Å². The molecule has 2 heterocycles. The lowest BCUT2D eigenvalue weighted by Gasteiger charge is -2.02. The molecule has 2 aromatic rings. The van der Waals surface area contributed by atoms with Crippen molar-refractivity contribution in [3.63, 3.8) is 0 Å². The molecule has 0 saturated carbocycles. The lowest BCUT2D eigenvalue weighted by molar-refractivity contribution is 0.420. The monoisotopic (exact) mass is 269 g/mol. The SMILES string of the molecule is Cn1cnc(Oc2ncc(N)cc2Br)n1. The Balaban J connectivity index is 2.24. The van der Waals surface area contributed by atoms with Gasteiger partial charge in [-0.05, 0) is 22.0 Å². The fourth-order valence-electron chi connectivity index (χ4n) is 0.968. The topological polar surface area (TPSA) is 78.8 Å². The lowest BCUT2D eigenvalue weighted by atomic mass is 10.4. The zero-order chi connectivity index (χ0) is 10.8. The highest BCUT2D eigenvalue weighted by Crippen LogP contribution is 2.26. The Morgan fingerprint density at radius 3 is 2.87 bits per heavy atom. The molecule has 0 aliphatic carbocycles. The van der Waals surface area contributed by atoms with Crippen LogP contribution in [0.25, 0.3) is 0 Å². The molecule has 0 fully saturated rings. The molecule has 0 saturated heterocycles. The van der Waals surface area contributed by atoms with E-state index in [0.717, 1.165) is 0 Å². The molecule has 0 spiro atoms. The van der Waals surface area contributed by atoms with E-state index in [1.165, 1.54) is 6.20 Å². The fourth-order valence-corrected chi connectivity index (χ4v) is 1.42. The highest BCUT2D eigenvalue weighted by molar-refractivity contribution is 9.10. The fraction of sp³-hybridized carbons (Fsp3) is 0.125. The number of aryl methyl sites for hydroxylation is 1. The maximum Gasteiger partial charge on any atom is 0.342 e. The molecule has 0 aromatic carbocycles. The summed E-state index contributed by atoms with van der Waals surface area (Å²) < 4.78 is 7.53. The first-order chi connectivity index (χ1) is 7.15. The number of pyridine rings is 1. The minimum atomic E-state index is 0.246. The number of hydrogen-bond acceptors (Lipinski definition) is 5. The smallest absolute Gasteiger partial charge is 0.342 e. The van der Waals surface area contributed by atoms with Crippen LogP contribution >= 0.6 is 15.9 Å². The summed E-state index contributed by atoms with van der Waals surface area (Å²) in [5.74, 6) is 0.385. The minimum Gasteiger partial charge on any atom is -0.403 e. The summed E-state index contributed by atoms with van der Waals surface area (Å²) in [6, 6.07) is 1.95. The molecule has 2 N–H and O–H groups in total. The van der Waals surface area contributed by atoms with E-state index >= 15 is 0 Å². The number of nitrogen functional groups attached to an aromatic ring is 1. The Labute approximate surface area is 94.2 Å². The van der Waals surface area contributed by atoms with Crippen LogP contribution in [0.1, 0.15) is 0 Å². The van der Waals surface area contributed by atoms with E-state index in [-0.39, 0.29) is 6.01 Å². The zero-order valence-electron chi connectivity index (χ0n) is 7.88. The Morgan fingerprint density at radius 1 is 1.47 bits per heavy atom. The van der Waals surface area contributed by atoms with Crippen LogP contribution in [0, 0.1) is 0 Å². The molecule has 2 rings (SSSR count).